The smallest absolute Gasteiger partial charge is 0.251 e. The molecule has 3 aromatic rings. The van der Waals surface area contributed by atoms with Gasteiger partial charge in [0.1, 0.15) is 19.0 Å². The number of hydrogen-bond acceptors (Lipinski definition) is 5. The van der Waals surface area contributed by atoms with E-state index in [1.807, 2.05) is 56.3 Å². The molecule has 2 aliphatic heterocycles. The number of nitrogens with zero attached hydrogens (tertiary/aromatic N) is 3. The van der Waals surface area contributed by atoms with Gasteiger partial charge in [0, 0.05) is 31.3 Å². The minimum absolute atomic E-state index is 0.0920. The van der Waals surface area contributed by atoms with E-state index in [1.165, 1.54) is 11.4 Å². The number of anilines is 1. The Hall–Kier alpha value is -3.48. The molecule has 166 valence electrons. The summed E-state index contributed by atoms with van der Waals surface area (Å²) in [7, 11) is 0. The first-order chi connectivity index (χ1) is 15.6. The maximum Gasteiger partial charge on any atom is 0.251 e. The normalized spacial score (nSPS) is 15.8. The second-order valence-corrected chi connectivity index (χ2v) is 8.44. The fraction of sp³-hybridized carbons (Fsp3) is 0.360. The van der Waals surface area contributed by atoms with Crippen LogP contribution in [0.3, 0.4) is 0 Å². The van der Waals surface area contributed by atoms with Gasteiger partial charge >= 0.3 is 0 Å². The largest absolute Gasteiger partial charge is 0.486 e. The van der Waals surface area contributed by atoms with Gasteiger partial charge in [0.25, 0.3) is 5.91 Å². The van der Waals surface area contributed by atoms with Gasteiger partial charge in [0.2, 0.25) is 0 Å². The van der Waals surface area contributed by atoms with E-state index in [1.54, 1.807) is 0 Å². The second-order valence-electron chi connectivity index (χ2n) is 8.44. The molecule has 7 nitrogen and oxygen atoms in total. The molecule has 0 fully saturated rings. The molecule has 1 atom stereocenters. The van der Waals surface area contributed by atoms with Gasteiger partial charge in [-0.05, 0) is 55.7 Å². The number of carbonyl (C=O) groups is 1. The highest BCUT2D eigenvalue weighted by Crippen LogP contribution is 2.32. The Kier molecular flexibility index (Phi) is 5.47. The number of aromatic nitrogens is 2. The maximum atomic E-state index is 12.8. The minimum Gasteiger partial charge on any atom is -0.486 e. The van der Waals surface area contributed by atoms with Crippen molar-refractivity contribution < 1.29 is 14.3 Å². The molecule has 3 heterocycles. The first-order valence-corrected chi connectivity index (χ1v) is 11.2. The van der Waals surface area contributed by atoms with Crippen LogP contribution in [0, 0.1) is 6.92 Å². The number of nitrogens with one attached hydrogen (secondary N) is 1. The van der Waals surface area contributed by atoms with Crippen molar-refractivity contribution in [1.29, 1.82) is 0 Å². The Morgan fingerprint density at radius 3 is 2.66 bits per heavy atom. The fourth-order valence-electron chi connectivity index (χ4n) is 4.31. The summed E-state index contributed by atoms with van der Waals surface area (Å²) >= 11 is 0. The molecule has 7 heteroatoms. The van der Waals surface area contributed by atoms with Gasteiger partial charge in [-0.2, -0.15) is 5.10 Å². The second kappa shape index (κ2) is 8.57. The Balaban J connectivity index is 1.23. The van der Waals surface area contributed by atoms with Crippen LogP contribution in [-0.4, -0.2) is 35.4 Å². The third-order valence-electron chi connectivity index (χ3n) is 6.01. The molecule has 1 amide bonds. The van der Waals surface area contributed by atoms with Gasteiger partial charge in [-0.25, -0.2) is 4.68 Å². The number of benzene rings is 2. The molecule has 2 aromatic carbocycles. The molecule has 0 bridgehead atoms. The molecular weight excluding hydrogens is 404 g/mol. The lowest BCUT2D eigenvalue weighted by Gasteiger charge is -2.29. The molecule has 0 aliphatic carbocycles. The molecule has 1 aromatic heterocycles. The number of hydrogen-bond donors (Lipinski definition) is 1. The van der Waals surface area contributed by atoms with E-state index >= 15 is 0 Å². The molecule has 0 unspecified atom stereocenters. The predicted molar refractivity (Wildman–Crippen MR) is 122 cm³/mol. The Morgan fingerprint density at radius 1 is 1.06 bits per heavy atom. The van der Waals surface area contributed by atoms with Crippen LogP contribution in [0.5, 0.6) is 11.5 Å². The van der Waals surface area contributed by atoms with Crippen molar-refractivity contribution in [3.05, 3.63) is 70.9 Å². The number of aryl methyl sites for hydroxylation is 2. The van der Waals surface area contributed by atoms with Gasteiger partial charge < -0.3 is 19.7 Å². The predicted octanol–water partition coefficient (Wildman–Crippen LogP) is 3.86. The summed E-state index contributed by atoms with van der Waals surface area (Å²) in [6, 6.07) is 15.7. The Bertz CT molecular complexity index is 1120. The molecule has 0 spiro atoms. The van der Waals surface area contributed by atoms with Crippen LogP contribution in [0.25, 0.3) is 0 Å². The van der Waals surface area contributed by atoms with E-state index < -0.39 is 0 Å². The van der Waals surface area contributed by atoms with Crippen molar-refractivity contribution >= 4 is 11.7 Å². The first kappa shape index (κ1) is 20.4. The zero-order valence-electron chi connectivity index (χ0n) is 18.5. The average molecular weight is 433 g/mol. The summed E-state index contributed by atoms with van der Waals surface area (Å²) < 4.78 is 13.3. The topological polar surface area (TPSA) is 68.6 Å². The van der Waals surface area contributed by atoms with Crippen molar-refractivity contribution in [2.75, 3.05) is 24.7 Å². The van der Waals surface area contributed by atoms with Crippen molar-refractivity contribution in [2.24, 2.45) is 0 Å². The average Bonchev–Trinajstić information content (AvgIpc) is 3.20. The molecule has 32 heavy (non-hydrogen) atoms. The van der Waals surface area contributed by atoms with Gasteiger partial charge in [-0.3, -0.25) is 4.79 Å². The summed E-state index contributed by atoms with van der Waals surface area (Å²) in [5, 5.41) is 7.64. The van der Waals surface area contributed by atoms with E-state index in [9.17, 15) is 4.79 Å². The van der Waals surface area contributed by atoms with E-state index in [0.29, 0.717) is 18.8 Å². The molecule has 0 saturated heterocycles. The lowest BCUT2D eigenvalue weighted by molar-refractivity contribution is 0.0939. The quantitative estimate of drug-likeness (QED) is 0.663. The zero-order valence-corrected chi connectivity index (χ0v) is 18.5. The molecule has 1 N–H and O–H groups in total. The Morgan fingerprint density at radius 2 is 1.84 bits per heavy atom. The van der Waals surface area contributed by atoms with Crippen molar-refractivity contribution in [3.8, 4) is 11.5 Å². The highest BCUT2D eigenvalue weighted by atomic mass is 16.6. The highest BCUT2D eigenvalue weighted by Gasteiger charge is 2.19. The summed E-state index contributed by atoms with van der Waals surface area (Å²) in [6.45, 7) is 7.90. The molecule has 5 rings (SSSR count). The first-order valence-electron chi connectivity index (χ1n) is 11.2. The third kappa shape index (κ3) is 4.15. The van der Waals surface area contributed by atoms with Crippen LogP contribution < -0.4 is 19.7 Å². The van der Waals surface area contributed by atoms with E-state index in [4.69, 9.17) is 9.47 Å². The number of fused-ring (bicyclic) bond motifs is 2. The lowest BCUT2D eigenvalue weighted by Crippen LogP contribution is -2.31. The van der Waals surface area contributed by atoms with Crippen molar-refractivity contribution in [1.82, 2.24) is 15.1 Å². The number of rotatable bonds is 5. The molecule has 0 radical (unpaired) electrons. The summed E-state index contributed by atoms with van der Waals surface area (Å²) in [5.41, 5.74) is 3.86. The van der Waals surface area contributed by atoms with E-state index in [2.05, 4.69) is 26.1 Å². The maximum absolute atomic E-state index is 12.8. The van der Waals surface area contributed by atoms with Crippen molar-refractivity contribution in [3.63, 3.8) is 0 Å². The zero-order chi connectivity index (χ0) is 22.1. The van der Waals surface area contributed by atoms with E-state index in [-0.39, 0.29) is 11.9 Å². The Labute approximate surface area is 187 Å². The summed E-state index contributed by atoms with van der Waals surface area (Å²) in [4.78, 5) is 15.1. The van der Waals surface area contributed by atoms with Crippen LogP contribution in [0.2, 0.25) is 0 Å². The lowest BCUT2D eigenvalue weighted by atomic mass is 10.1. The van der Waals surface area contributed by atoms with Crippen LogP contribution >= 0.6 is 0 Å². The standard InChI is InChI=1S/C25H28N4O3/c1-17-14-24-28(10-3-11-29(24)27-17)16-19-4-6-20(7-5-19)25(30)26-18(2)21-8-9-22-23(15-21)32-13-12-31-22/h4-9,14-15,18H,3,10-13,16H2,1-2H3,(H,26,30)/t18-/m0/s1. The van der Waals surface area contributed by atoms with Crippen LogP contribution in [0.1, 0.15) is 46.6 Å². The SMILES string of the molecule is Cc1cc2n(n1)CCCN2Cc1ccc(C(=O)N[C@@H](C)c2ccc3c(c2)OCCO3)cc1. The number of carbonyl (C=O) groups excluding carboxylic acids is 1. The molecule has 2 aliphatic rings. The highest BCUT2D eigenvalue weighted by molar-refractivity contribution is 5.94. The third-order valence-corrected chi connectivity index (χ3v) is 6.01. The fourth-order valence-corrected chi connectivity index (χ4v) is 4.31. The van der Waals surface area contributed by atoms with Gasteiger partial charge in [-0.15, -0.1) is 0 Å². The van der Waals surface area contributed by atoms with Gasteiger partial charge in [-0.1, -0.05) is 18.2 Å². The summed E-state index contributed by atoms with van der Waals surface area (Å²) in [6.07, 6.45) is 1.09. The summed E-state index contributed by atoms with van der Waals surface area (Å²) in [5.74, 6) is 2.56. The molecule has 0 saturated carbocycles. The van der Waals surface area contributed by atoms with Crippen LogP contribution in [0.15, 0.2) is 48.5 Å². The number of amides is 1. The molecular formula is C25H28N4O3. The van der Waals surface area contributed by atoms with Gasteiger partial charge in [0.05, 0.1) is 11.7 Å². The monoisotopic (exact) mass is 432 g/mol. The van der Waals surface area contributed by atoms with E-state index in [0.717, 1.165) is 48.8 Å². The van der Waals surface area contributed by atoms with Gasteiger partial charge in [0.15, 0.2) is 11.5 Å². The van der Waals surface area contributed by atoms with Crippen molar-refractivity contribution in [2.45, 2.75) is 39.4 Å². The minimum atomic E-state index is -0.144. The van der Waals surface area contributed by atoms with Crippen LogP contribution in [-0.2, 0) is 13.1 Å². The number of ether oxygens (including phenoxy) is 2. The van der Waals surface area contributed by atoms with Crippen LogP contribution in [0.4, 0.5) is 5.82 Å².